The fraction of sp³-hybridized carbons (Fsp3) is 0.500. The normalized spacial score (nSPS) is 10.5. The third-order valence-corrected chi connectivity index (χ3v) is 2.14. The molecule has 0 aliphatic rings. The molecule has 0 saturated carbocycles. The van der Waals surface area contributed by atoms with Crippen LogP contribution in [0.4, 0.5) is 0 Å². The predicted octanol–water partition coefficient (Wildman–Crippen LogP) is -1.52. The zero-order valence-corrected chi connectivity index (χ0v) is 10.3. The summed E-state index contributed by atoms with van der Waals surface area (Å²) in [6.07, 6.45) is 0. The Morgan fingerprint density at radius 2 is 1.87 bits per heavy atom. The van der Waals surface area contributed by atoms with Gasteiger partial charge in [0.1, 0.15) is 0 Å². The first-order valence-corrected chi connectivity index (χ1v) is 4.97. The van der Waals surface area contributed by atoms with Crippen LogP contribution in [0, 0.1) is 6.07 Å². The number of nitrogens with zero attached hydrogens (tertiary/aromatic N) is 2. The zero-order chi connectivity index (χ0) is 10.4. The summed E-state index contributed by atoms with van der Waals surface area (Å²) in [5.41, 5.74) is 1.26. The molecule has 0 aliphatic heterocycles. The van der Waals surface area contributed by atoms with E-state index in [1.165, 1.54) is 5.56 Å². The van der Waals surface area contributed by atoms with Crippen molar-refractivity contribution in [2.75, 3.05) is 34.2 Å². The SMILES string of the molecule is CN(C)CCN(C)Cc1[c-]cccc1.[Li+]. The molecule has 1 aromatic rings. The quantitative estimate of drug-likeness (QED) is 0.419. The average molecular weight is 198 g/mol. The van der Waals surface area contributed by atoms with Gasteiger partial charge in [-0.25, -0.2) is 0 Å². The van der Waals surface area contributed by atoms with E-state index in [4.69, 9.17) is 0 Å². The fourth-order valence-electron chi connectivity index (χ4n) is 1.27. The van der Waals surface area contributed by atoms with Gasteiger partial charge >= 0.3 is 18.9 Å². The van der Waals surface area contributed by atoms with Gasteiger partial charge in [-0.1, -0.05) is 0 Å². The molecule has 0 fully saturated rings. The van der Waals surface area contributed by atoms with Gasteiger partial charge < -0.3 is 9.80 Å². The minimum absolute atomic E-state index is 0. The second-order valence-electron chi connectivity index (χ2n) is 3.93. The molecule has 0 atom stereocenters. The van der Waals surface area contributed by atoms with Gasteiger partial charge in [0.2, 0.25) is 0 Å². The Hall–Kier alpha value is -0.263. The molecule has 15 heavy (non-hydrogen) atoms. The molecule has 3 heteroatoms. The molecular weight excluding hydrogens is 179 g/mol. The van der Waals surface area contributed by atoms with Crippen LogP contribution in [0.1, 0.15) is 5.56 Å². The molecular formula is C12H19LiN2. The van der Waals surface area contributed by atoms with Crippen LogP contribution in [-0.2, 0) is 6.54 Å². The van der Waals surface area contributed by atoms with E-state index in [0.29, 0.717) is 0 Å². The maximum atomic E-state index is 3.23. The largest absolute Gasteiger partial charge is 1.00 e. The second kappa shape index (κ2) is 7.96. The number of hydrogen-bond acceptors (Lipinski definition) is 2. The van der Waals surface area contributed by atoms with Crippen molar-refractivity contribution in [3.8, 4) is 0 Å². The van der Waals surface area contributed by atoms with Crippen LogP contribution in [0.25, 0.3) is 0 Å². The van der Waals surface area contributed by atoms with Gasteiger partial charge in [0.05, 0.1) is 0 Å². The van der Waals surface area contributed by atoms with Crippen molar-refractivity contribution in [3.63, 3.8) is 0 Å². The summed E-state index contributed by atoms with van der Waals surface area (Å²) in [7, 11) is 6.34. The summed E-state index contributed by atoms with van der Waals surface area (Å²) in [6, 6.07) is 11.4. The van der Waals surface area contributed by atoms with Gasteiger partial charge in [-0.05, 0) is 21.1 Å². The van der Waals surface area contributed by atoms with Gasteiger partial charge in [-0.3, -0.25) is 0 Å². The second-order valence-corrected chi connectivity index (χ2v) is 3.93. The third kappa shape index (κ3) is 6.76. The first-order valence-electron chi connectivity index (χ1n) is 4.97. The summed E-state index contributed by atoms with van der Waals surface area (Å²) in [5.74, 6) is 0. The maximum Gasteiger partial charge on any atom is 1.00 e. The van der Waals surface area contributed by atoms with Crippen LogP contribution in [0.15, 0.2) is 24.3 Å². The summed E-state index contributed by atoms with van der Waals surface area (Å²) in [6.45, 7) is 3.17. The minimum Gasteiger partial charge on any atom is -0.308 e. The molecule has 1 aromatic carbocycles. The Morgan fingerprint density at radius 1 is 1.13 bits per heavy atom. The molecule has 1 rings (SSSR count). The Balaban J connectivity index is 0.00000196. The van der Waals surface area contributed by atoms with Crippen LogP contribution in [0.3, 0.4) is 0 Å². The van der Waals surface area contributed by atoms with Crippen molar-refractivity contribution >= 4 is 0 Å². The van der Waals surface area contributed by atoms with Gasteiger partial charge in [0.25, 0.3) is 0 Å². The van der Waals surface area contributed by atoms with E-state index < -0.39 is 0 Å². The van der Waals surface area contributed by atoms with E-state index in [-0.39, 0.29) is 18.9 Å². The van der Waals surface area contributed by atoms with Crippen LogP contribution in [0.2, 0.25) is 0 Å². The molecule has 0 aliphatic carbocycles. The number of likely N-dealkylation sites (N-methyl/N-ethyl adjacent to an activating group) is 2. The van der Waals surface area contributed by atoms with Crippen molar-refractivity contribution in [2.45, 2.75) is 6.54 Å². The number of benzene rings is 1. The Kier molecular flexibility index (Phi) is 7.82. The van der Waals surface area contributed by atoms with Crippen LogP contribution >= 0.6 is 0 Å². The Bertz CT molecular complexity index is 249. The van der Waals surface area contributed by atoms with Crippen LogP contribution in [0.5, 0.6) is 0 Å². The van der Waals surface area contributed by atoms with Crippen molar-refractivity contribution in [2.24, 2.45) is 0 Å². The van der Waals surface area contributed by atoms with E-state index in [1.807, 2.05) is 12.1 Å². The fourth-order valence-corrected chi connectivity index (χ4v) is 1.27. The molecule has 0 spiro atoms. The van der Waals surface area contributed by atoms with Gasteiger partial charge in [-0.2, -0.15) is 30.3 Å². The predicted molar refractivity (Wildman–Crippen MR) is 60.2 cm³/mol. The first kappa shape index (κ1) is 14.7. The summed E-state index contributed by atoms with van der Waals surface area (Å²) in [5, 5.41) is 0. The summed E-state index contributed by atoms with van der Waals surface area (Å²) in [4.78, 5) is 4.51. The molecule has 0 saturated heterocycles. The molecule has 0 radical (unpaired) electrons. The first-order chi connectivity index (χ1) is 6.68. The van der Waals surface area contributed by atoms with E-state index in [2.05, 4.69) is 49.1 Å². The monoisotopic (exact) mass is 198 g/mol. The Morgan fingerprint density at radius 3 is 2.40 bits per heavy atom. The van der Waals surface area contributed by atoms with Crippen LogP contribution in [-0.4, -0.2) is 44.0 Å². The standard InChI is InChI=1S/C12H19N2.Li/c1-13(2)9-10-14(3)11-12-7-5-4-6-8-12;/h4-7H,9-11H2,1-3H3;/q-1;+1. The van der Waals surface area contributed by atoms with Gasteiger partial charge in [0.15, 0.2) is 0 Å². The number of rotatable bonds is 5. The molecule has 0 bridgehead atoms. The van der Waals surface area contributed by atoms with Crippen molar-refractivity contribution in [1.82, 2.24) is 9.80 Å². The zero-order valence-electron chi connectivity index (χ0n) is 10.3. The van der Waals surface area contributed by atoms with E-state index in [1.54, 1.807) is 0 Å². The Labute approximate surface area is 105 Å². The van der Waals surface area contributed by atoms with E-state index in [0.717, 1.165) is 19.6 Å². The van der Waals surface area contributed by atoms with Crippen molar-refractivity contribution in [1.29, 1.82) is 0 Å². The van der Waals surface area contributed by atoms with Crippen LogP contribution < -0.4 is 18.9 Å². The van der Waals surface area contributed by atoms with Crippen molar-refractivity contribution < 1.29 is 18.9 Å². The average Bonchev–Trinajstić information content (AvgIpc) is 2.16. The topological polar surface area (TPSA) is 6.48 Å². The minimum atomic E-state index is 0. The van der Waals surface area contributed by atoms with Gasteiger partial charge in [-0.15, -0.1) is 5.56 Å². The number of hydrogen-bond donors (Lipinski definition) is 0. The third-order valence-electron chi connectivity index (χ3n) is 2.14. The maximum absolute atomic E-state index is 3.23. The summed E-state index contributed by atoms with van der Waals surface area (Å²) >= 11 is 0. The molecule has 0 aromatic heterocycles. The van der Waals surface area contributed by atoms with E-state index in [9.17, 15) is 0 Å². The van der Waals surface area contributed by atoms with Gasteiger partial charge in [0, 0.05) is 19.6 Å². The molecule has 0 heterocycles. The molecule has 0 amide bonds. The van der Waals surface area contributed by atoms with Crippen molar-refractivity contribution in [3.05, 3.63) is 35.9 Å². The molecule has 0 N–H and O–H groups in total. The summed E-state index contributed by atoms with van der Waals surface area (Å²) < 4.78 is 0. The molecule has 78 valence electrons. The molecule has 2 nitrogen and oxygen atoms in total. The van der Waals surface area contributed by atoms with E-state index >= 15 is 0 Å². The molecule has 0 unspecified atom stereocenters. The smallest absolute Gasteiger partial charge is 0.308 e.